The Hall–Kier alpha value is -0.350. The number of aromatic nitrogens is 2. The van der Waals surface area contributed by atoms with Crippen molar-refractivity contribution in [1.82, 2.24) is 14.9 Å². The first-order valence-electron chi connectivity index (χ1n) is 5.13. The molecule has 2 rings (SSSR count). The van der Waals surface area contributed by atoms with Crippen molar-refractivity contribution in [3.63, 3.8) is 0 Å². The smallest absolute Gasteiger partial charge is 0.177 e. The zero-order valence-electron chi connectivity index (χ0n) is 8.63. The summed E-state index contributed by atoms with van der Waals surface area (Å²) < 4.78 is 3.07. The second kappa shape index (κ2) is 4.03. The van der Waals surface area contributed by atoms with E-state index >= 15 is 0 Å². The Morgan fingerprint density at radius 3 is 2.86 bits per heavy atom. The molecule has 1 fully saturated rings. The van der Waals surface area contributed by atoms with Gasteiger partial charge in [-0.15, -0.1) is 0 Å². The zero-order valence-corrected chi connectivity index (χ0v) is 10.2. The number of nitrogens with zero attached hydrogens (tertiary/aromatic N) is 2. The first kappa shape index (κ1) is 10.2. The van der Waals surface area contributed by atoms with Crippen LogP contribution < -0.4 is 5.32 Å². The van der Waals surface area contributed by atoms with E-state index in [1.54, 1.807) is 0 Å². The SMILES string of the molecule is CC(C)n1cc(CNC2CC2)nc1Br. The van der Waals surface area contributed by atoms with Gasteiger partial charge in [0.1, 0.15) is 0 Å². The summed E-state index contributed by atoms with van der Waals surface area (Å²) in [4.78, 5) is 4.45. The molecule has 1 aliphatic rings. The number of hydrogen-bond acceptors (Lipinski definition) is 2. The molecule has 0 atom stereocenters. The van der Waals surface area contributed by atoms with Crippen LogP contribution in [0.25, 0.3) is 0 Å². The maximum Gasteiger partial charge on any atom is 0.177 e. The van der Waals surface area contributed by atoms with Gasteiger partial charge < -0.3 is 9.88 Å². The summed E-state index contributed by atoms with van der Waals surface area (Å²) in [6.45, 7) is 5.21. The summed E-state index contributed by atoms with van der Waals surface area (Å²) in [5.74, 6) is 0. The van der Waals surface area contributed by atoms with Crippen LogP contribution in [0.5, 0.6) is 0 Å². The molecule has 0 spiro atoms. The molecule has 3 nitrogen and oxygen atoms in total. The average molecular weight is 258 g/mol. The summed E-state index contributed by atoms with van der Waals surface area (Å²) in [5, 5.41) is 3.46. The first-order valence-corrected chi connectivity index (χ1v) is 5.92. The molecular formula is C10H16BrN3. The number of nitrogens with one attached hydrogen (secondary N) is 1. The highest BCUT2D eigenvalue weighted by atomic mass is 79.9. The molecule has 1 N–H and O–H groups in total. The normalized spacial score (nSPS) is 16.6. The van der Waals surface area contributed by atoms with Crippen LogP contribution >= 0.6 is 15.9 Å². The van der Waals surface area contributed by atoms with Gasteiger partial charge in [-0.05, 0) is 42.6 Å². The third kappa shape index (κ3) is 2.36. The maximum atomic E-state index is 4.45. The molecule has 0 amide bonds. The largest absolute Gasteiger partial charge is 0.323 e. The fourth-order valence-electron chi connectivity index (χ4n) is 1.40. The van der Waals surface area contributed by atoms with Gasteiger partial charge in [0.05, 0.1) is 5.69 Å². The molecule has 1 aromatic heterocycles. The van der Waals surface area contributed by atoms with Crippen molar-refractivity contribution in [3.8, 4) is 0 Å². The molecular weight excluding hydrogens is 242 g/mol. The Morgan fingerprint density at radius 1 is 1.64 bits per heavy atom. The van der Waals surface area contributed by atoms with E-state index in [9.17, 15) is 0 Å². The van der Waals surface area contributed by atoms with Crippen molar-refractivity contribution in [2.45, 2.75) is 45.3 Å². The van der Waals surface area contributed by atoms with Crippen LogP contribution in [0.1, 0.15) is 38.4 Å². The van der Waals surface area contributed by atoms with Gasteiger partial charge in [-0.1, -0.05) is 0 Å². The van der Waals surface area contributed by atoms with Gasteiger partial charge in [0.25, 0.3) is 0 Å². The van der Waals surface area contributed by atoms with Crippen molar-refractivity contribution in [1.29, 1.82) is 0 Å². The van der Waals surface area contributed by atoms with E-state index in [-0.39, 0.29) is 0 Å². The number of rotatable bonds is 4. The lowest BCUT2D eigenvalue weighted by atomic mass is 10.4. The lowest BCUT2D eigenvalue weighted by Gasteiger charge is -2.06. The topological polar surface area (TPSA) is 29.9 Å². The molecule has 1 aliphatic carbocycles. The number of imidazole rings is 1. The molecule has 4 heteroatoms. The van der Waals surface area contributed by atoms with E-state index in [4.69, 9.17) is 0 Å². The highest BCUT2D eigenvalue weighted by molar-refractivity contribution is 9.10. The second-order valence-corrected chi connectivity index (χ2v) is 4.87. The summed E-state index contributed by atoms with van der Waals surface area (Å²) >= 11 is 3.46. The molecule has 0 aliphatic heterocycles. The Kier molecular flexibility index (Phi) is 2.93. The maximum absolute atomic E-state index is 4.45. The summed E-state index contributed by atoms with van der Waals surface area (Å²) in [5.41, 5.74) is 1.12. The highest BCUT2D eigenvalue weighted by Crippen LogP contribution is 2.20. The lowest BCUT2D eigenvalue weighted by molar-refractivity contribution is 0.586. The molecule has 14 heavy (non-hydrogen) atoms. The minimum atomic E-state index is 0.464. The predicted molar refractivity (Wildman–Crippen MR) is 60.2 cm³/mol. The zero-order chi connectivity index (χ0) is 10.1. The van der Waals surface area contributed by atoms with Gasteiger partial charge in [0, 0.05) is 24.8 Å². The number of hydrogen-bond donors (Lipinski definition) is 1. The molecule has 0 unspecified atom stereocenters. The van der Waals surface area contributed by atoms with E-state index in [2.05, 4.69) is 50.8 Å². The minimum absolute atomic E-state index is 0.464. The quantitative estimate of drug-likeness (QED) is 0.899. The molecule has 78 valence electrons. The van der Waals surface area contributed by atoms with Crippen molar-refractivity contribution < 1.29 is 0 Å². The van der Waals surface area contributed by atoms with E-state index in [0.29, 0.717) is 6.04 Å². The van der Waals surface area contributed by atoms with Gasteiger partial charge in [-0.2, -0.15) is 0 Å². The van der Waals surface area contributed by atoms with Crippen LogP contribution in [0, 0.1) is 0 Å². The average Bonchev–Trinajstić information content (AvgIpc) is 2.86. The van der Waals surface area contributed by atoms with Crippen molar-refractivity contribution in [2.24, 2.45) is 0 Å². The molecule has 1 heterocycles. The molecule has 0 saturated heterocycles. The van der Waals surface area contributed by atoms with Gasteiger partial charge in [-0.25, -0.2) is 4.98 Å². The monoisotopic (exact) mass is 257 g/mol. The summed E-state index contributed by atoms with van der Waals surface area (Å²) in [6.07, 6.45) is 4.77. The van der Waals surface area contributed by atoms with Crippen LogP contribution in [-0.2, 0) is 6.54 Å². The number of halogens is 1. The predicted octanol–water partition coefficient (Wildman–Crippen LogP) is 2.48. The first-order chi connectivity index (χ1) is 6.66. The fourth-order valence-corrected chi connectivity index (χ4v) is 2.14. The van der Waals surface area contributed by atoms with Crippen LogP contribution in [0.15, 0.2) is 10.9 Å². The van der Waals surface area contributed by atoms with Crippen molar-refractivity contribution >= 4 is 15.9 Å². The second-order valence-electron chi connectivity index (χ2n) is 4.16. The highest BCUT2D eigenvalue weighted by Gasteiger charge is 2.20. The van der Waals surface area contributed by atoms with E-state index in [1.165, 1.54) is 12.8 Å². The molecule has 1 aromatic rings. The standard InChI is InChI=1S/C10H16BrN3/c1-7(2)14-6-9(13-10(14)11)5-12-8-3-4-8/h6-8,12H,3-5H2,1-2H3. The van der Waals surface area contributed by atoms with Gasteiger partial charge in [0.15, 0.2) is 4.73 Å². The molecule has 0 aromatic carbocycles. The van der Waals surface area contributed by atoms with Crippen molar-refractivity contribution in [2.75, 3.05) is 0 Å². The van der Waals surface area contributed by atoms with E-state index in [0.717, 1.165) is 23.0 Å². The van der Waals surface area contributed by atoms with Gasteiger partial charge in [0.2, 0.25) is 0 Å². The molecule has 0 radical (unpaired) electrons. The lowest BCUT2D eigenvalue weighted by Crippen LogP contribution is -2.15. The summed E-state index contributed by atoms with van der Waals surface area (Å²) in [6, 6.07) is 1.21. The fraction of sp³-hybridized carbons (Fsp3) is 0.700. The van der Waals surface area contributed by atoms with Gasteiger partial charge in [-0.3, -0.25) is 0 Å². The Balaban J connectivity index is 1.99. The third-order valence-corrected chi connectivity index (χ3v) is 3.03. The third-order valence-electron chi connectivity index (χ3n) is 2.44. The van der Waals surface area contributed by atoms with Crippen molar-refractivity contribution in [3.05, 3.63) is 16.6 Å². The molecule has 0 bridgehead atoms. The van der Waals surface area contributed by atoms with Crippen LogP contribution in [-0.4, -0.2) is 15.6 Å². The van der Waals surface area contributed by atoms with Crippen LogP contribution in [0.2, 0.25) is 0 Å². The van der Waals surface area contributed by atoms with E-state index < -0.39 is 0 Å². The Labute approximate surface area is 93.0 Å². The Morgan fingerprint density at radius 2 is 2.36 bits per heavy atom. The Bertz CT molecular complexity index is 315. The summed E-state index contributed by atoms with van der Waals surface area (Å²) in [7, 11) is 0. The van der Waals surface area contributed by atoms with Gasteiger partial charge >= 0.3 is 0 Å². The minimum Gasteiger partial charge on any atom is -0.323 e. The van der Waals surface area contributed by atoms with E-state index in [1.807, 2.05) is 0 Å². The van der Waals surface area contributed by atoms with Crippen LogP contribution in [0.4, 0.5) is 0 Å². The van der Waals surface area contributed by atoms with Crippen LogP contribution in [0.3, 0.4) is 0 Å². The molecule has 1 saturated carbocycles.